The van der Waals surface area contributed by atoms with Gasteiger partial charge in [0.15, 0.2) is 5.03 Å². The molecule has 1 aliphatic heterocycles. The molecule has 7 heteroatoms. The van der Waals surface area contributed by atoms with E-state index in [9.17, 15) is 14.9 Å². The third kappa shape index (κ3) is 5.81. The SMILES string of the molecule is CCCCCCCOC(=O)C(=C1NCCCS1)[N+](=O)[O-]. The highest BCUT2D eigenvalue weighted by Crippen LogP contribution is 2.23. The standard InChI is InChI=1S/C13H22N2O4S/c1-2-3-4-5-6-9-19-13(16)11(15(17)18)12-14-8-7-10-20-12/h14H,2-10H2,1H3. The number of carbonyl (C=O) groups excluding carboxylic acids is 1. The molecule has 0 spiro atoms. The molecular weight excluding hydrogens is 280 g/mol. The van der Waals surface area contributed by atoms with E-state index in [1.54, 1.807) is 0 Å². The number of carbonyl (C=O) groups is 1. The summed E-state index contributed by atoms with van der Waals surface area (Å²) in [4.78, 5) is 22.2. The lowest BCUT2D eigenvalue weighted by atomic mass is 10.2. The van der Waals surface area contributed by atoms with Crippen LogP contribution in [0.3, 0.4) is 0 Å². The van der Waals surface area contributed by atoms with E-state index in [4.69, 9.17) is 4.74 Å². The number of rotatable bonds is 8. The van der Waals surface area contributed by atoms with Crippen molar-refractivity contribution in [2.75, 3.05) is 18.9 Å². The van der Waals surface area contributed by atoms with Gasteiger partial charge < -0.3 is 10.1 Å². The van der Waals surface area contributed by atoms with Crippen LogP contribution in [-0.4, -0.2) is 29.8 Å². The van der Waals surface area contributed by atoms with Gasteiger partial charge in [-0.3, -0.25) is 10.1 Å². The normalized spacial score (nSPS) is 17.2. The van der Waals surface area contributed by atoms with Crippen LogP contribution >= 0.6 is 11.8 Å². The summed E-state index contributed by atoms with van der Waals surface area (Å²) in [6, 6.07) is 0. The second-order valence-corrected chi connectivity index (χ2v) is 5.72. The maximum Gasteiger partial charge on any atom is 0.412 e. The smallest absolute Gasteiger partial charge is 0.412 e. The second-order valence-electron chi connectivity index (χ2n) is 4.61. The van der Waals surface area contributed by atoms with Crippen molar-refractivity contribution in [2.45, 2.75) is 45.4 Å². The van der Waals surface area contributed by atoms with Gasteiger partial charge in [-0.1, -0.05) is 32.6 Å². The summed E-state index contributed by atoms with van der Waals surface area (Å²) >= 11 is 1.30. The lowest BCUT2D eigenvalue weighted by Crippen LogP contribution is -2.26. The van der Waals surface area contributed by atoms with Gasteiger partial charge in [-0.15, -0.1) is 11.8 Å². The Morgan fingerprint density at radius 1 is 1.40 bits per heavy atom. The van der Waals surface area contributed by atoms with Crippen molar-refractivity contribution >= 4 is 17.7 Å². The summed E-state index contributed by atoms with van der Waals surface area (Å²) in [5.41, 5.74) is -0.455. The van der Waals surface area contributed by atoms with E-state index in [2.05, 4.69) is 12.2 Å². The molecule has 1 saturated heterocycles. The summed E-state index contributed by atoms with van der Waals surface area (Å²) in [7, 11) is 0. The molecule has 0 aromatic rings. The Labute approximate surface area is 123 Å². The number of hydrogen-bond donors (Lipinski definition) is 1. The van der Waals surface area contributed by atoms with E-state index in [1.807, 2.05) is 0 Å². The summed E-state index contributed by atoms with van der Waals surface area (Å²) in [5.74, 6) is -0.0494. The van der Waals surface area contributed by atoms with Crippen LogP contribution in [0.1, 0.15) is 45.4 Å². The van der Waals surface area contributed by atoms with E-state index in [0.717, 1.165) is 37.9 Å². The van der Waals surface area contributed by atoms with Gasteiger partial charge in [0.25, 0.3) is 0 Å². The first-order valence-corrected chi connectivity index (χ1v) is 8.07. The first kappa shape index (κ1) is 16.8. The first-order valence-electron chi connectivity index (χ1n) is 7.09. The highest BCUT2D eigenvalue weighted by Gasteiger charge is 2.30. The minimum Gasteiger partial charge on any atom is -0.457 e. The molecule has 1 aliphatic rings. The minimum absolute atomic E-state index is 0.248. The fourth-order valence-electron chi connectivity index (χ4n) is 1.84. The lowest BCUT2D eigenvalue weighted by Gasteiger charge is -2.15. The van der Waals surface area contributed by atoms with Crippen LogP contribution in [0.15, 0.2) is 10.7 Å². The zero-order valence-corrected chi connectivity index (χ0v) is 12.7. The van der Waals surface area contributed by atoms with Crippen molar-refractivity contribution in [1.82, 2.24) is 5.32 Å². The Morgan fingerprint density at radius 3 is 2.75 bits per heavy atom. The fourth-order valence-corrected chi connectivity index (χ4v) is 2.83. The highest BCUT2D eigenvalue weighted by atomic mass is 32.2. The molecule has 0 amide bonds. The van der Waals surface area contributed by atoms with Crippen LogP contribution in [-0.2, 0) is 9.53 Å². The van der Waals surface area contributed by atoms with Gasteiger partial charge >= 0.3 is 11.7 Å². The van der Waals surface area contributed by atoms with Crippen LogP contribution in [0.4, 0.5) is 0 Å². The van der Waals surface area contributed by atoms with Crippen LogP contribution in [0, 0.1) is 10.1 Å². The molecule has 1 fully saturated rings. The predicted molar refractivity (Wildman–Crippen MR) is 78.8 cm³/mol. The summed E-state index contributed by atoms with van der Waals surface area (Å²) in [6.07, 6.45) is 6.10. The lowest BCUT2D eigenvalue weighted by molar-refractivity contribution is -0.422. The maximum absolute atomic E-state index is 11.8. The largest absolute Gasteiger partial charge is 0.457 e. The quantitative estimate of drug-likeness (QED) is 0.244. The third-order valence-electron chi connectivity index (χ3n) is 2.93. The van der Waals surface area contributed by atoms with Gasteiger partial charge in [-0.2, -0.15) is 0 Å². The molecule has 1 N–H and O–H groups in total. The molecule has 20 heavy (non-hydrogen) atoms. The van der Waals surface area contributed by atoms with Crippen molar-refractivity contribution < 1.29 is 14.5 Å². The van der Waals surface area contributed by atoms with E-state index in [-0.39, 0.29) is 6.61 Å². The van der Waals surface area contributed by atoms with Gasteiger partial charge in [-0.25, -0.2) is 4.79 Å². The first-order chi connectivity index (χ1) is 9.66. The van der Waals surface area contributed by atoms with E-state index in [1.165, 1.54) is 18.2 Å². The molecule has 114 valence electrons. The minimum atomic E-state index is -0.831. The number of nitrogens with zero attached hydrogens (tertiary/aromatic N) is 1. The fraction of sp³-hybridized carbons (Fsp3) is 0.769. The number of thioether (sulfide) groups is 1. The third-order valence-corrected chi connectivity index (χ3v) is 4.04. The summed E-state index contributed by atoms with van der Waals surface area (Å²) < 4.78 is 5.01. The number of nitro groups is 1. The topological polar surface area (TPSA) is 81.5 Å². The monoisotopic (exact) mass is 302 g/mol. The van der Waals surface area contributed by atoms with Crippen LogP contribution < -0.4 is 5.32 Å². The van der Waals surface area contributed by atoms with Gasteiger partial charge in [0, 0.05) is 12.3 Å². The van der Waals surface area contributed by atoms with Crippen molar-refractivity contribution in [3.8, 4) is 0 Å². The molecule has 0 radical (unpaired) electrons. The second kappa shape index (κ2) is 9.63. The Hall–Kier alpha value is -1.24. The number of esters is 1. The molecule has 1 rings (SSSR count). The molecule has 0 bridgehead atoms. The highest BCUT2D eigenvalue weighted by molar-refractivity contribution is 8.03. The molecule has 0 saturated carbocycles. The number of ether oxygens (including phenoxy) is 1. The van der Waals surface area contributed by atoms with Gasteiger partial charge in [-0.05, 0) is 12.8 Å². The van der Waals surface area contributed by atoms with Gasteiger partial charge in [0.1, 0.15) is 0 Å². The molecule has 0 aliphatic carbocycles. The zero-order chi connectivity index (χ0) is 14.8. The van der Waals surface area contributed by atoms with Gasteiger partial charge in [0.05, 0.1) is 11.5 Å². The maximum atomic E-state index is 11.8. The van der Waals surface area contributed by atoms with Crippen LogP contribution in [0.5, 0.6) is 0 Å². The number of nitrogens with one attached hydrogen (secondary N) is 1. The number of hydrogen-bond acceptors (Lipinski definition) is 6. The van der Waals surface area contributed by atoms with Crippen molar-refractivity contribution in [3.63, 3.8) is 0 Å². The van der Waals surface area contributed by atoms with Crippen LogP contribution in [0.25, 0.3) is 0 Å². The molecule has 0 unspecified atom stereocenters. The average molecular weight is 302 g/mol. The zero-order valence-electron chi connectivity index (χ0n) is 11.9. The summed E-state index contributed by atoms with van der Waals surface area (Å²) in [6.45, 7) is 3.03. The van der Waals surface area contributed by atoms with Crippen molar-refractivity contribution in [1.29, 1.82) is 0 Å². The van der Waals surface area contributed by atoms with E-state index < -0.39 is 16.6 Å². The average Bonchev–Trinajstić information content (AvgIpc) is 2.43. The molecule has 0 atom stereocenters. The van der Waals surface area contributed by atoms with E-state index in [0.29, 0.717) is 11.6 Å². The van der Waals surface area contributed by atoms with Crippen molar-refractivity contribution in [2.24, 2.45) is 0 Å². The van der Waals surface area contributed by atoms with Gasteiger partial charge in [0.2, 0.25) is 0 Å². The number of unbranched alkanes of at least 4 members (excludes halogenated alkanes) is 4. The molecular formula is C13H22N2O4S. The molecule has 0 aromatic carbocycles. The van der Waals surface area contributed by atoms with Crippen molar-refractivity contribution in [3.05, 3.63) is 20.8 Å². The van der Waals surface area contributed by atoms with Crippen LogP contribution in [0.2, 0.25) is 0 Å². The Morgan fingerprint density at radius 2 is 2.15 bits per heavy atom. The molecule has 0 aromatic heterocycles. The molecule has 1 heterocycles. The summed E-state index contributed by atoms with van der Waals surface area (Å²) in [5, 5.41) is 14.2. The Kier molecular flexibility index (Phi) is 8.10. The Bertz CT molecular complexity index is 363. The van der Waals surface area contributed by atoms with E-state index >= 15 is 0 Å². The Balaban J connectivity index is 2.43. The molecule has 6 nitrogen and oxygen atoms in total. The predicted octanol–water partition coefficient (Wildman–Crippen LogP) is 2.67.